The van der Waals surface area contributed by atoms with E-state index in [-0.39, 0.29) is 11.8 Å². The molecular weight excluding hydrogens is 498 g/mol. The summed E-state index contributed by atoms with van der Waals surface area (Å²) >= 11 is 6.20. The van der Waals surface area contributed by atoms with Crippen LogP contribution in [0.1, 0.15) is 30.4 Å². The number of methoxy groups -OCH3 is 2. The minimum Gasteiger partial charge on any atom is -0.497 e. The molecule has 1 unspecified atom stereocenters. The van der Waals surface area contributed by atoms with E-state index in [2.05, 4.69) is 52.9 Å². The van der Waals surface area contributed by atoms with E-state index in [4.69, 9.17) is 21.1 Å². The van der Waals surface area contributed by atoms with Crippen molar-refractivity contribution in [3.63, 3.8) is 0 Å². The molecule has 1 saturated heterocycles. The highest BCUT2D eigenvalue weighted by Gasteiger charge is 2.28. The van der Waals surface area contributed by atoms with Gasteiger partial charge in [0.1, 0.15) is 11.5 Å². The Morgan fingerprint density at radius 1 is 0.921 bits per heavy atom. The fraction of sp³-hybridized carbons (Fsp3) is 0.323. The first kappa shape index (κ1) is 26.0. The molecule has 1 aliphatic heterocycles. The maximum Gasteiger partial charge on any atom is 0.223 e. The average Bonchev–Trinajstić information content (AvgIpc) is 3.34. The minimum atomic E-state index is -0.143. The molecule has 0 bridgehead atoms. The Hall–Kier alpha value is -3.64. The Morgan fingerprint density at radius 3 is 2.29 bits per heavy atom. The first-order valence-corrected chi connectivity index (χ1v) is 13.5. The van der Waals surface area contributed by atoms with Gasteiger partial charge in [-0.05, 0) is 54.4 Å². The second-order valence-electron chi connectivity index (χ2n) is 9.64. The van der Waals surface area contributed by atoms with Crippen LogP contribution in [0, 0.1) is 0 Å². The molecule has 0 radical (unpaired) electrons. The van der Waals surface area contributed by atoms with Crippen molar-refractivity contribution < 1.29 is 14.3 Å². The Labute approximate surface area is 229 Å². The van der Waals surface area contributed by atoms with Gasteiger partial charge in [-0.3, -0.25) is 4.79 Å². The monoisotopic (exact) mass is 531 g/mol. The number of anilines is 1. The number of amides is 1. The van der Waals surface area contributed by atoms with Gasteiger partial charge in [0.25, 0.3) is 0 Å². The van der Waals surface area contributed by atoms with Crippen LogP contribution in [0.5, 0.6) is 11.5 Å². The Morgan fingerprint density at radius 2 is 1.63 bits per heavy atom. The Balaban J connectivity index is 1.45. The summed E-state index contributed by atoms with van der Waals surface area (Å²) in [6.45, 7) is 5.91. The van der Waals surface area contributed by atoms with Gasteiger partial charge in [-0.15, -0.1) is 0 Å². The summed E-state index contributed by atoms with van der Waals surface area (Å²) in [5.41, 5.74) is 4.42. The van der Waals surface area contributed by atoms with Gasteiger partial charge < -0.3 is 23.8 Å². The van der Waals surface area contributed by atoms with E-state index in [9.17, 15) is 4.79 Å². The SMILES string of the molecule is CCn1cc(C(CC(=O)N2CCN(c3cccc(Cl)c3)CC2)c2cc(OC)cc(OC)c2)c2ccccc21. The number of carbonyl (C=O) groups is 1. The molecule has 4 aromatic rings. The summed E-state index contributed by atoms with van der Waals surface area (Å²) in [5.74, 6) is 1.43. The lowest BCUT2D eigenvalue weighted by atomic mass is 9.87. The maximum atomic E-state index is 13.8. The standard InChI is InChI=1S/C31H34ClN3O3/c1-4-33-21-29(27-10-5-6-11-30(27)33)28(22-16-25(37-2)19-26(17-22)38-3)20-31(36)35-14-12-34(13-15-35)24-9-7-8-23(32)18-24/h5-11,16-19,21,28H,4,12-15,20H2,1-3H3. The quantitative estimate of drug-likeness (QED) is 0.271. The van der Waals surface area contributed by atoms with Crippen LogP contribution < -0.4 is 14.4 Å². The van der Waals surface area contributed by atoms with E-state index in [1.165, 1.54) is 10.9 Å². The number of hydrogen-bond donors (Lipinski definition) is 0. The number of rotatable bonds is 8. The summed E-state index contributed by atoms with van der Waals surface area (Å²) in [7, 11) is 3.31. The Kier molecular flexibility index (Phi) is 7.79. The molecule has 6 nitrogen and oxygen atoms in total. The van der Waals surface area contributed by atoms with E-state index in [0.717, 1.165) is 41.5 Å². The van der Waals surface area contributed by atoms with Crippen LogP contribution in [0.2, 0.25) is 5.02 Å². The van der Waals surface area contributed by atoms with Crippen molar-refractivity contribution in [1.82, 2.24) is 9.47 Å². The fourth-order valence-corrected chi connectivity index (χ4v) is 5.63. The molecule has 7 heteroatoms. The first-order valence-electron chi connectivity index (χ1n) is 13.1. The van der Waals surface area contributed by atoms with Crippen LogP contribution in [0.4, 0.5) is 5.69 Å². The lowest BCUT2D eigenvalue weighted by molar-refractivity contribution is -0.131. The zero-order valence-corrected chi connectivity index (χ0v) is 22.9. The smallest absolute Gasteiger partial charge is 0.223 e. The van der Waals surface area contributed by atoms with E-state index in [0.29, 0.717) is 31.0 Å². The van der Waals surface area contributed by atoms with E-state index >= 15 is 0 Å². The molecule has 1 atom stereocenters. The second-order valence-corrected chi connectivity index (χ2v) is 10.1. The molecule has 0 spiro atoms. The molecule has 1 aliphatic rings. The van der Waals surface area contributed by atoms with Crippen molar-refractivity contribution in [3.05, 3.63) is 89.1 Å². The summed E-state index contributed by atoms with van der Waals surface area (Å²) in [6.07, 6.45) is 2.57. The van der Waals surface area contributed by atoms with Gasteiger partial charge in [-0.2, -0.15) is 0 Å². The van der Waals surface area contributed by atoms with Crippen LogP contribution in [0.25, 0.3) is 10.9 Å². The van der Waals surface area contributed by atoms with Crippen LogP contribution >= 0.6 is 11.6 Å². The third-order valence-electron chi connectivity index (χ3n) is 7.50. The van der Waals surface area contributed by atoms with Gasteiger partial charge in [0.2, 0.25) is 5.91 Å². The summed E-state index contributed by atoms with van der Waals surface area (Å²) in [6, 6.07) is 22.2. The molecule has 0 saturated carbocycles. The van der Waals surface area contributed by atoms with Gasteiger partial charge in [0, 0.05) is 78.9 Å². The number of carbonyl (C=O) groups excluding carboxylic acids is 1. The molecule has 3 aromatic carbocycles. The first-order chi connectivity index (χ1) is 18.5. The molecule has 0 N–H and O–H groups in total. The average molecular weight is 532 g/mol. The van der Waals surface area contributed by atoms with Gasteiger partial charge in [-0.25, -0.2) is 0 Å². The van der Waals surface area contributed by atoms with E-state index in [1.807, 2.05) is 41.3 Å². The van der Waals surface area contributed by atoms with Crippen molar-refractivity contribution in [1.29, 1.82) is 0 Å². The van der Waals surface area contributed by atoms with Crippen molar-refractivity contribution in [2.45, 2.75) is 25.8 Å². The van der Waals surface area contributed by atoms with Gasteiger partial charge >= 0.3 is 0 Å². The molecule has 1 amide bonds. The van der Waals surface area contributed by atoms with Crippen LogP contribution in [0.15, 0.2) is 72.9 Å². The number of aromatic nitrogens is 1. The fourth-order valence-electron chi connectivity index (χ4n) is 5.44. The molecule has 38 heavy (non-hydrogen) atoms. The number of ether oxygens (including phenoxy) is 2. The van der Waals surface area contributed by atoms with Crippen LogP contribution in [0.3, 0.4) is 0 Å². The number of piperazine rings is 1. The number of para-hydroxylation sites is 1. The van der Waals surface area contributed by atoms with Gasteiger partial charge in [0.15, 0.2) is 0 Å². The van der Waals surface area contributed by atoms with Crippen LogP contribution in [-0.2, 0) is 11.3 Å². The lowest BCUT2D eigenvalue weighted by Gasteiger charge is -2.36. The highest BCUT2D eigenvalue weighted by molar-refractivity contribution is 6.30. The zero-order valence-electron chi connectivity index (χ0n) is 22.2. The van der Waals surface area contributed by atoms with Gasteiger partial charge in [0.05, 0.1) is 14.2 Å². The normalized spacial score (nSPS) is 14.5. The van der Waals surface area contributed by atoms with Crippen molar-refractivity contribution >= 4 is 34.1 Å². The van der Waals surface area contributed by atoms with E-state index in [1.54, 1.807) is 14.2 Å². The van der Waals surface area contributed by atoms with Crippen LogP contribution in [-0.4, -0.2) is 55.8 Å². The van der Waals surface area contributed by atoms with Gasteiger partial charge in [-0.1, -0.05) is 35.9 Å². The van der Waals surface area contributed by atoms with Crippen molar-refractivity contribution in [3.8, 4) is 11.5 Å². The van der Waals surface area contributed by atoms with Crippen molar-refractivity contribution in [2.75, 3.05) is 45.3 Å². The van der Waals surface area contributed by atoms with Crippen molar-refractivity contribution in [2.24, 2.45) is 0 Å². The molecule has 1 fully saturated rings. The largest absolute Gasteiger partial charge is 0.497 e. The minimum absolute atomic E-state index is 0.143. The highest BCUT2D eigenvalue weighted by Crippen LogP contribution is 2.38. The highest BCUT2D eigenvalue weighted by atomic mass is 35.5. The number of benzene rings is 3. The molecule has 0 aliphatic carbocycles. The summed E-state index contributed by atoms with van der Waals surface area (Å²) in [5, 5.41) is 1.89. The molecule has 2 heterocycles. The maximum absolute atomic E-state index is 13.8. The molecule has 1 aromatic heterocycles. The predicted octanol–water partition coefficient (Wildman–Crippen LogP) is 6.20. The molecule has 198 valence electrons. The lowest BCUT2D eigenvalue weighted by Crippen LogP contribution is -2.49. The molecule has 5 rings (SSSR count). The predicted molar refractivity (Wildman–Crippen MR) is 154 cm³/mol. The third-order valence-corrected chi connectivity index (χ3v) is 7.73. The number of halogens is 1. The van der Waals surface area contributed by atoms with E-state index < -0.39 is 0 Å². The Bertz CT molecular complexity index is 1400. The number of fused-ring (bicyclic) bond motifs is 1. The zero-order chi connectivity index (χ0) is 26.6. The number of nitrogens with zero attached hydrogens (tertiary/aromatic N) is 3. The topological polar surface area (TPSA) is 46.9 Å². The third kappa shape index (κ3) is 5.32. The molecular formula is C31H34ClN3O3. The second kappa shape index (κ2) is 11.4. The number of hydrogen-bond acceptors (Lipinski definition) is 4. The summed E-state index contributed by atoms with van der Waals surface area (Å²) < 4.78 is 13.4. The summed E-state index contributed by atoms with van der Waals surface area (Å²) in [4.78, 5) is 18.1. The number of aryl methyl sites for hydroxylation is 1.